The van der Waals surface area contributed by atoms with Crippen molar-refractivity contribution in [1.82, 2.24) is 0 Å². The Morgan fingerprint density at radius 2 is 1.94 bits per heavy atom. The number of rotatable bonds is 6. The molecule has 0 saturated heterocycles. The molecule has 0 heterocycles. The molecule has 0 aromatic heterocycles. The van der Waals surface area contributed by atoms with E-state index < -0.39 is 27.0 Å². The predicted octanol–water partition coefficient (Wildman–Crippen LogP) is 0.667. The molecular formula is C11H14O6S. The van der Waals surface area contributed by atoms with Crippen LogP contribution in [0.4, 0.5) is 0 Å². The molecule has 18 heavy (non-hydrogen) atoms. The second-order valence-corrected chi connectivity index (χ2v) is 5.57. The molecule has 1 atom stereocenters. The lowest BCUT2D eigenvalue weighted by molar-refractivity contribution is -0.143. The number of para-hydroxylation sites is 1. The first-order valence-electron chi connectivity index (χ1n) is 5.01. The fraction of sp³-hybridized carbons (Fsp3) is 0.364. The average molecular weight is 274 g/mol. The third-order valence-corrected chi connectivity index (χ3v) is 4.05. The normalized spacial score (nSPS) is 13.0. The van der Waals surface area contributed by atoms with Crippen LogP contribution >= 0.6 is 0 Å². The zero-order chi connectivity index (χ0) is 13.8. The van der Waals surface area contributed by atoms with Gasteiger partial charge in [-0.15, -0.1) is 0 Å². The van der Waals surface area contributed by atoms with Gasteiger partial charge in [-0.05, 0) is 6.07 Å². The lowest BCUT2D eigenvalue weighted by Gasteiger charge is -2.13. The van der Waals surface area contributed by atoms with Crippen LogP contribution in [0.5, 0.6) is 5.75 Å². The number of sulfone groups is 1. The van der Waals surface area contributed by atoms with Gasteiger partial charge in [0.05, 0.1) is 12.9 Å². The van der Waals surface area contributed by atoms with Gasteiger partial charge in [0, 0.05) is 12.7 Å². The van der Waals surface area contributed by atoms with Gasteiger partial charge in [0.25, 0.3) is 5.44 Å². The molecule has 0 radical (unpaired) electrons. The summed E-state index contributed by atoms with van der Waals surface area (Å²) in [5.41, 5.74) is -1.48. The number of hydrogen-bond donors (Lipinski definition) is 1. The molecule has 0 aliphatic carbocycles. The molecule has 6 nitrogen and oxygen atoms in total. The Labute approximate surface area is 105 Å². The molecule has 0 fully saturated rings. The van der Waals surface area contributed by atoms with Crippen molar-refractivity contribution >= 4 is 15.8 Å². The standard InChI is InChI=1S/C11H14O6S/c1-16-9-6-4-3-5-8(9)7-18(14,15)11(17-2)10(12)13/h3-6,11H,7H2,1-2H3,(H,12,13). The molecule has 1 N–H and O–H groups in total. The number of benzene rings is 1. The number of carboxylic acids is 1. The van der Waals surface area contributed by atoms with Crippen LogP contribution in [0.1, 0.15) is 5.56 Å². The third-order valence-electron chi connectivity index (χ3n) is 2.29. The Hall–Kier alpha value is -1.60. The number of carboxylic acid groups (broad SMARTS) is 1. The first kappa shape index (κ1) is 14.5. The van der Waals surface area contributed by atoms with Gasteiger partial charge < -0.3 is 14.6 Å². The van der Waals surface area contributed by atoms with Crippen LogP contribution in [-0.4, -0.2) is 39.1 Å². The van der Waals surface area contributed by atoms with E-state index >= 15 is 0 Å². The smallest absolute Gasteiger partial charge is 0.348 e. The van der Waals surface area contributed by atoms with Gasteiger partial charge in [0.15, 0.2) is 9.84 Å². The molecule has 0 bridgehead atoms. The van der Waals surface area contributed by atoms with Gasteiger partial charge >= 0.3 is 5.97 Å². The highest BCUT2D eigenvalue weighted by Crippen LogP contribution is 2.21. The van der Waals surface area contributed by atoms with Gasteiger partial charge in [0.2, 0.25) is 0 Å². The van der Waals surface area contributed by atoms with E-state index in [2.05, 4.69) is 4.74 Å². The Bertz CT molecular complexity index is 522. The van der Waals surface area contributed by atoms with Crippen LogP contribution in [-0.2, 0) is 25.1 Å². The second kappa shape index (κ2) is 5.83. The average Bonchev–Trinajstić information content (AvgIpc) is 2.29. The summed E-state index contributed by atoms with van der Waals surface area (Å²) in [7, 11) is -1.51. The Morgan fingerprint density at radius 3 is 2.44 bits per heavy atom. The number of methoxy groups -OCH3 is 2. The van der Waals surface area contributed by atoms with E-state index in [1.54, 1.807) is 24.3 Å². The molecule has 0 amide bonds. The fourth-order valence-corrected chi connectivity index (χ4v) is 2.94. The van der Waals surface area contributed by atoms with Crippen LogP contribution in [0.25, 0.3) is 0 Å². The van der Waals surface area contributed by atoms with E-state index in [9.17, 15) is 13.2 Å². The maximum atomic E-state index is 11.9. The Kier molecular flexibility index (Phi) is 4.69. The minimum Gasteiger partial charge on any atom is -0.496 e. The highest BCUT2D eigenvalue weighted by Gasteiger charge is 2.33. The SMILES string of the molecule is COc1ccccc1CS(=O)(=O)C(OC)C(=O)O. The molecule has 7 heteroatoms. The molecular weight excluding hydrogens is 260 g/mol. The van der Waals surface area contributed by atoms with E-state index in [4.69, 9.17) is 9.84 Å². The minimum atomic E-state index is -3.96. The molecule has 0 spiro atoms. The van der Waals surface area contributed by atoms with E-state index in [1.807, 2.05) is 0 Å². The largest absolute Gasteiger partial charge is 0.496 e. The van der Waals surface area contributed by atoms with Crippen molar-refractivity contribution in [3.05, 3.63) is 29.8 Å². The van der Waals surface area contributed by atoms with Crippen LogP contribution in [0.15, 0.2) is 24.3 Å². The molecule has 1 aromatic carbocycles. The summed E-state index contributed by atoms with van der Waals surface area (Å²) in [4.78, 5) is 10.8. The minimum absolute atomic E-state index is 0.390. The maximum Gasteiger partial charge on any atom is 0.348 e. The monoisotopic (exact) mass is 274 g/mol. The highest BCUT2D eigenvalue weighted by molar-refractivity contribution is 7.91. The van der Waals surface area contributed by atoms with Crippen molar-refractivity contribution in [2.24, 2.45) is 0 Å². The van der Waals surface area contributed by atoms with E-state index in [0.29, 0.717) is 11.3 Å². The van der Waals surface area contributed by atoms with E-state index in [1.165, 1.54) is 7.11 Å². The maximum absolute atomic E-state index is 11.9. The van der Waals surface area contributed by atoms with Gasteiger partial charge in [-0.3, -0.25) is 0 Å². The van der Waals surface area contributed by atoms with Gasteiger partial charge in [0.1, 0.15) is 5.75 Å². The summed E-state index contributed by atoms with van der Waals surface area (Å²) in [6.45, 7) is 0. The Morgan fingerprint density at radius 1 is 1.33 bits per heavy atom. The van der Waals surface area contributed by atoms with Gasteiger partial charge in [-0.1, -0.05) is 18.2 Å². The predicted molar refractivity (Wildman–Crippen MR) is 64.1 cm³/mol. The van der Waals surface area contributed by atoms with Crippen molar-refractivity contribution < 1.29 is 27.8 Å². The van der Waals surface area contributed by atoms with Crippen LogP contribution < -0.4 is 4.74 Å². The molecule has 100 valence electrons. The number of hydrogen-bond acceptors (Lipinski definition) is 5. The molecule has 0 aliphatic heterocycles. The zero-order valence-corrected chi connectivity index (χ0v) is 10.8. The zero-order valence-electron chi connectivity index (χ0n) is 9.99. The highest BCUT2D eigenvalue weighted by atomic mass is 32.2. The van der Waals surface area contributed by atoms with Crippen molar-refractivity contribution in [3.8, 4) is 5.75 Å². The topological polar surface area (TPSA) is 89.9 Å². The second-order valence-electron chi connectivity index (χ2n) is 3.52. The lowest BCUT2D eigenvalue weighted by atomic mass is 10.2. The van der Waals surface area contributed by atoms with Gasteiger partial charge in [-0.25, -0.2) is 13.2 Å². The first-order valence-corrected chi connectivity index (χ1v) is 6.73. The van der Waals surface area contributed by atoms with Crippen molar-refractivity contribution in [2.75, 3.05) is 14.2 Å². The first-order chi connectivity index (χ1) is 8.42. The van der Waals surface area contributed by atoms with Crippen molar-refractivity contribution in [2.45, 2.75) is 11.2 Å². The van der Waals surface area contributed by atoms with Gasteiger partial charge in [-0.2, -0.15) is 0 Å². The summed E-state index contributed by atoms with van der Waals surface area (Å²) < 4.78 is 33.3. The quantitative estimate of drug-likeness (QED) is 0.820. The van der Waals surface area contributed by atoms with Crippen LogP contribution in [0.2, 0.25) is 0 Å². The molecule has 0 saturated carbocycles. The summed E-state index contributed by atoms with van der Waals surface area (Å²) >= 11 is 0. The van der Waals surface area contributed by atoms with Crippen molar-refractivity contribution in [1.29, 1.82) is 0 Å². The number of carbonyl (C=O) groups is 1. The summed E-state index contributed by atoms with van der Waals surface area (Å²) in [5, 5.41) is 8.78. The molecule has 1 unspecified atom stereocenters. The molecule has 1 aromatic rings. The van der Waals surface area contributed by atoms with Crippen LogP contribution in [0.3, 0.4) is 0 Å². The summed E-state index contributed by atoms with van der Waals surface area (Å²) in [6, 6.07) is 6.51. The lowest BCUT2D eigenvalue weighted by Crippen LogP contribution is -2.32. The van der Waals surface area contributed by atoms with E-state index in [-0.39, 0.29) is 0 Å². The van der Waals surface area contributed by atoms with Crippen LogP contribution in [0, 0.1) is 0 Å². The Balaban J connectivity index is 3.05. The van der Waals surface area contributed by atoms with Crippen molar-refractivity contribution in [3.63, 3.8) is 0 Å². The molecule has 0 aliphatic rings. The van der Waals surface area contributed by atoms with E-state index in [0.717, 1.165) is 7.11 Å². The molecule has 1 rings (SSSR count). The fourth-order valence-electron chi connectivity index (χ4n) is 1.52. The number of aliphatic carboxylic acids is 1. The number of ether oxygens (including phenoxy) is 2. The summed E-state index contributed by atoms with van der Waals surface area (Å²) in [6.07, 6.45) is 0. The third kappa shape index (κ3) is 3.21. The summed E-state index contributed by atoms with van der Waals surface area (Å²) in [5.74, 6) is -1.60.